The van der Waals surface area contributed by atoms with E-state index in [2.05, 4.69) is 164 Å². The van der Waals surface area contributed by atoms with Crippen LogP contribution in [0.4, 0.5) is 17.1 Å². The Morgan fingerprint density at radius 2 is 0.655 bits per heavy atom. The van der Waals surface area contributed by atoms with Crippen molar-refractivity contribution in [3.8, 4) is 31.3 Å². The lowest BCUT2D eigenvalue weighted by atomic mass is 10.0. The van der Waals surface area contributed by atoms with Gasteiger partial charge in [-0.05, 0) is 174 Å². The van der Waals surface area contributed by atoms with Gasteiger partial charge in [-0.1, -0.05) is 115 Å². The number of hydrogen-bond donors (Lipinski definition) is 0. The third-order valence-corrected chi connectivity index (χ3v) is 15.6. The third kappa shape index (κ3) is 11.6. The first kappa shape index (κ1) is 42.6. The van der Waals surface area contributed by atoms with Gasteiger partial charge in [0.05, 0.1) is 11.4 Å². The summed E-state index contributed by atoms with van der Waals surface area (Å²) in [5.41, 5.74) is 11.7. The monoisotopic (exact) mass is 977 g/mol. The Hall–Kier alpha value is -2.00. The van der Waals surface area contributed by atoms with Crippen molar-refractivity contribution in [2.45, 2.75) is 117 Å². The molecule has 0 N–H and O–H groups in total. The second-order valence-corrected chi connectivity index (χ2v) is 21.9. The molecule has 0 amide bonds. The number of nitrogens with zero attached hydrogens (tertiary/aromatic N) is 1. The van der Waals surface area contributed by atoms with Gasteiger partial charge in [0.2, 0.25) is 0 Å². The van der Waals surface area contributed by atoms with Crippen molar-refractivity contribution in [2.75, 3.05) is 4.90 Å². The maximum atomic E-state index is 3.80. The van der Waals surface area contributed by atoms with Crippen LogP contribution in [0.3, 0.4) is 0 Å². The molecule has 7 heteroatoms. The molecule has 0 aliphatic carbocycles. The number of hydrogen-bond acceptors (Lipinski definition) is 4. The van der Waals surface area contributed by atoms with Crippen molar-refractivity contribution >= 4 is 98.9 Å². The van der Waals surface area contributed by atoms with Crippen LogP contribution >= 0.6 is 81.8 Å². The summed E-state index contributed by atoms with van der Waals surface area (Å²) in [7, 11) is 0. The van der Waals surface area contributed by atoms with Crippen LogP contribution in [-0.2, 0) is 19.3 Å². The Labute approximate surface area is 368 Å². The SMILES string of the molecule is CCCCCCc1cc(Br)sc1-c1ccc(N(c2ccc(-c3sc(Br)cc3CCCCCC)cc2)c2ccc(-c3sc(Br)cc3CCCCCC)cc2)cc1. The van der Waals surface area contributed by atoms with Crippen LogP contribution < -0.4 is 4.90 Å². The average Bonchev–Trinajstić information content (AvgIpc) is 3.89. The predicted molar refractivity (Wildman–Crippen MR) is 258 cm³/mol. The number of benzene rings is 3. The zero-order valence-corrected chi connectivity index (χ0v) is 39.8. The zero-order chi connectivity index (χ0) is 38.6. The summed E-state index contributed by atoms with van der Waals surface area (Å²) in [4.78, 5) is 6.57. The summed E-state index contributed by atoms with van der Waals surface area (Å²) < 4.78 is 3.63. The Bertz CT molecular complexity index is 1820. The molecule has 0 atom stereocenters. The van der Waals surface area contributed by atoms with E-state index in [0.717, 1.165) is 36.3 Å². The first-order valence-corrected chi connectivity index (χ1v) is 25.2. The van der Waals surface area contributed by atoms with Crippen LogP contribution in [0.25, 0.3) is 31.3 Å². The van der Waals surface area contributed by atoms with E-state index in [1.807, 2.05) is 34.0 Å². The van der Waals surface area contributed by atoms with Crippen LogP contribution in [0.5, 0.6) is 0 Å². The first-order valence-electron chi connectivity index (χ1n) is 20.3. The number of halogens is 3. The molecule has 55 heavy (non-hydrogen) atoms. The highest BCUT2D eigenvalue weighted by Crippen LogP contribution is 2.43. The number of aryl methyl sites for hydroxylation is 3. The van der Waals surface area contributed by atoms with Gasteiger partial charge in [-0.15, -0.1) is 34.0 Å². The molecule has 0 radical (unpaired) electrons. The molecule has 6 aromatic rings. The summed E-state index contributed by atoms with van der Waals surface area (Å²) in [6, 6.07) is 34.8. The lowest BCUT2D eigenvalue weighted by Crippen LogP contribution is -2.09. The predicted octanol–water partition coefficient (Wildman–Crippen LogP) is 19.0. The number of rotatable bonds is 21. The van der Waals surface area contributed by atoms with Crippen LogP contribution in [0, 0.1) is 0 Å². The molecular weight excluding hydrogens is 926 g/mol. The Kier molecular flexibility index (Phi) is 16.8. The van der Waals surface area contributed by atoms with Gasteiger partial charge in [-0.2, -0.15) is 0 Å². The van der Waals surface area contributed by atoms with Crippen molar-refractivity contribution in [2.24, 2.45) is 0 Å². The van der Waals surface area contributed by atoms with E-state index >= 15 is 0 Å². The molecule has 0 unspecified atom stereocenters. The van der Waals surface area contributed by atoms with Gasteiger partial charge >= 0.3 is 0 Å². The van der Waals surface area contributed by atoms with Gasteiger partial charge in [-0.3, -0.25) is 0 Å². The Morgan fingerprint density at radius 3 is 0.909 bits per heavy atom. The lowest BCUT2D eigenvalue weighted by molar-refractivity contribution is 0.668. The molecule has 3 aromatic heterocycles. The second kappa shape index (κ2) is 21.7. The topological polar surface area (TPSA) is 3.24 Å². The van der Waals surface area contributed by atoms with E-state index in [1.54, 1.807) is 0 Å². The minimum absolute atomic E-state index is 1.13. The first-order chi connectivity index (χ1) is 26.9. The van der Waals surface area contributed by atoms with Gasteiger partial charge in [-0.25, -0.2) is 0 Å². The largest absolute Gasteiger partial charge is 0.311 e. The van der Waals surface area contributed by atoms with Gasteiger partial charge < -0.3 is 4.90 Å². The van der Waals surface area contributed by atoms with Crippen LogP contribution in [0.2, 0.25) is 0 Å². The van der Waals surface area contributed by atoms with E-state index in [4.69, 9.17) is 0 Å². The van der Waals surface area contributed by atoms with Crippen LogP contribution in [-0.4, -0.2) is 0 Å². The van der Waals surface area contributed by atoms with Crippen molar-refractivity contribution in [3.63, 3.8) is 0 Å². The molecular formula is C48H54Br3NS3. The molecule has 0 aliphatic heterocycles. The fraction of sp³-hybridized carbons (Fsp3) is 0.375. The lowest BCUT2D eigenvalue weighted by Gasteiger charge is -2.26. The molecule has 6 rings (SSSR count). The summed E-state index contributed by atoms with van der Waals surface area (Å²) in [6.07, 6.45) is 18.7. The maximum Gasteiger partial charge on any atom is 0.0707 e. The normalized spacial score (nSPS) is 11.5. The molecule has 1 nitrogen and oxygen atoms in total. The Morgan fingerprint density at radius 1 is 0.382 bits per heavy atom. The second-order valence-electron chi connectivity index (χ2n) is 14.6. The molecule has 0 saturated heterocycles. The molecule has 0 bridgehead atoms. The zero-order valence-electron chi connectivity index (χ0n) is 32.6. The number of thiophene rings is 3. The summed E-state index contributed by atoms with van der Waals surface area (Å²) in [5, 5.41) is 0. The van der Waals surface area contributed by atoms with Crippen molar-refractivity contribution in [1.29, 1.82) is 0 Å². The van der Waals surface area contributed by atoms with Crippen molar-refractivity contribution < 1.29 is 0 Å². The summed E-state index contributed by atoms with van der Waals surface area (Å²) in [5.74, 6) is 0. The number of unbranched alkanes of at least 4 members (excludes halogenated alkanes) is 9. The molecule has 0 saturated carbocycles. The highest BCUT2D eigenvalue weighted by atomic mass is 79.9. The van der Waals surface area contributed by atoms with E-state index in [-0.39, 0.29) is 0 Å². The van der Waals surface area contributed by atoms with Crippen molar-refractivity contribution in [1.82, 2.24) is 0 Å². The van der Waals surface area contributed by atoms with E-state index < -0.39 is 0 Å². The highest BCUT2D eigenvalue weighted by Gasteiger charge is 2.18. The maximum absolute atomic E-state index is 3.80. The smallest absolute Gasteiger partial charge is 0.0707 e. The standard InChI is InChI=1S/C48H54Br3NS3/c1-4-7-10-13-16-37-31-43(49)53-46(37)34-19-25-40(26-20-34)52(41-27-21-35(22-28-41)47-38(32-44(50)54-47)17-14-11-8-5-2)42-29-23-36(24-30-42)48-39(33-45(51)55-48)18-15-12-9-6-3/h19-33H,4-18H2,1-3H3. The fourth-order valence-corrected chi connectivity index (χ4v) is 12.5. The number of anilines is 3. The van der Waals surface area contributed by atoms with Gasteiger partial charge in [0, 0.05) is 31.7 Å². The fourth-order valence-electron chi connectivity index (χ4n) is 7.43. The van der Waals surface area contributed by atoms with Gasteiger partial charge in [0.25, 0.3) is 0 Å². The minimum Gasteiger partial charge on any atom is -0.311 e. The quantitative estimate of drug-likeness (QED) is 0.0650. The molecule has 0 aliphatic rings. The van der Waals surface area contributed by atoms with E-state index in [0.29, 0.717) is 0 Å². The van der Waals surface area contributed by atoms with Crippen LogP contribution in [0.15, 0.2) is 102 Å². The molecule has 0 fully saturated rings. The third-order valence-electron chi connectivity index (χ3n) is 10.4. The average molecular weight is 981 g/mol. The van der Waals surface area contributed by atoms with Gasteiger partial charge in [0.15, 0.2) is 0 Å². The molecule has 3 aromatic carbocycles. The van der Waals surface area contributed by atoms with Crippen LogP contribution in [0.1, 0.15) is 115 Å². The van der Waals surface area contributed by atoms with E-state index in [1.165, 1.54) is 136 Å². The van der Waals surface area contributed by atoms with E-state index in [9.17, 15) is 0 Å². The molecule has 290 valence electrons. The highest BCUT2D eigenvalue weighted by molar-refractivity contribution is 9.11. The van der Waals surface area contributed by atoms with Crippen molar-refractivity contribution in [3.05, 3.63) is 119 Å². The minimum atomic E-state index is 1.13. The summed E-state index contributed by atoms with van der Waals surface area (Å²) >= 11 is 17.0. The summed E-state index contributed by atoms with van der Waals surface area (Å²) in [6.45, 7) is 6.85. The molecule has 3 heterocycles. The Balaban J connectivity index is 1.31. The molecule has 0 spiro atoms. The van der Waals surface area contributed by atoms with Gasteiger partial charge in [0.1, 0.15) is 0 Å².